The van der Waals surface area contributed by atoms with E-state index in [9.17, 15) is 13.2 Å². The molecule has 0 radical (unpaired) electrons. The van der Waals surface area contributed by atoms with E-state index in [0.29, 0.717) is 10.8 Å². The highest BCUT2D eigenvalue weighted by molar-refractivity contribution is 7.89. The number of nitrogens with zero attached hydrogens (tertiary/aromatic N) is 2. The van der Waals surface area contributed by atoms with Gasteiger partial charge in [-0.25, -0.2) is 18.1 Å². The normalized spacial score (nSPS) is 19.9. The minimum Gasteiger partial charge on any atom is -0.355 e. The van der Waals surface area contributed by atoms with Gasteiger partial charge in [-0.3, -0.25) is 9.89 Å². The van der Waals surface area contributed by atoms with Crippen LogP contribution in [0, 0.1) is 5.92 Å². The van der Waals surface area contributed by atoms with E-state index in [4.69, 9.17) is 11.6 Å². The van der Waals surface area contributed by atoms with Gasteiger partial charge >= 0.3 is 0 Å². The number of rotatable bonds is 7. The van der Waals surface area contributed by atoms with E-state index in [2.05, 4.69) is 25.2 Å². The molecule has 1 aromatic carbocycles. The zero-order valence-electron chi connectivity index (χ0n) is 12.6. The lowest BCUT2D eigenvalue weighted by atomic mass is 10.3. The average molecular weight is 370 g/mol. The first kappa shape index (κ1) is 16.9. The highest BCUT2D eigenvalue weighted by Crippen LogP contribution is 2.45. The zero-order chi connectivity index (χ0) is 17.2. The molecule has 0 aliphatic heterocycles. The van der Waals surface area contributed by atoms with E-state index < -0.39 is 10.0 Å². The minimum atomic E-state index is -3.64. The van der Waals surface area contributed by atoms with Crippen LogP contribution >= 0.6 is 11.6 Å². The molecule has 3 rings (SSSR count). The molecule has 1 fully saturated rings. The van der Waals surface area contributed by atoms with Crippen molar-refractivity contribution in [3.8, 4) is 0 Å². The van der Waals surface area contributed by atoms with Crippen LogP contribution in [-0.2, 0) is 14.8 Å². The summed E-state index contributed by atoms with van der Waals surface area (Å²) in [4.78, 5) is 16.1. The van der Waals surface area contributed by atoms with Crippen LogP contribution in [0.15, 0.2) is 35.5 Å². The SMILES string of the molecule is O=C(NCCNS(=O)(=O)c1cccc(Cl)c1)[C@@H]1C[C@@H]1c1ncn[nH]1. The summed E-state index contributed by atoms with van der Waals surface area (Å²) in [6.45, 7) is 0.304. The number of amides is 1. The molecular formula is C14H16ClN5O3S. The molecule has 128 valence electrons. The Balaban J connectivity index is 1.43. The summed E-state index contributed by atoms with van der Waals surface area (Å²) in [6, 6.07) is 5.99. The van der Waals surface area contributed by atoms with Crippen molar-refractivity contribution in [2.75, 3.05) is 13.1 Å². The molecular weight excluding hydrogens is 354 g/mol. The highest BCUT2D eigenvalue weighted by atomic mass is 35.5. The van der Waals surface area contributed by atoms with Gasteiger partial charge in [0, 0.05) is 29.9 Å². The number of nitrogens with one attached hydrogen (secondary N) is 3. The third-order valence-electron chi connectivity index (χ3n) is 3.73. The van der Waals surface area contributed by atoms with Crippen LogP contribution in [0.4, 0.5) is 0 Å². The third-order valence-corrected chi connectivity index (χ3v) is 5.43. The number of sulfonamides is 1. The second kappa shape index (κ2) is 6.88. The topological polar surface area (TPSA) is 117 Å². The predicted octanol–water partition coefficient (Wildman–Crippen LogP) is 0.656. The third kappa shape index (κ3) is 3.92. The van der Waals surface area contributed by atoms with Crippen LogP contribution in [0.3, 0.4) is 0 Å². The van der Waals surface area contributed by atoms with Crippen molar-refractivity contribution < 1.29 is 13.2 Å². The van der Waals surface area contributed by atoms with Gasteiger partial charge in [0.05, 0.1) is 4.90 Å². The van der Waals surface area contributed by atoms with Gasteiger partial charge in [0.15, 0.2) is 0 Å². The Kier molecular flexibility index (Phi) is 4.83. The molecule has 24 heavy (non-hydrogen) atoms. The van der Waals surface area contributed by atoms with E-state index in [1.165, 1.54) is 18.5 Å². The maximum atomic E-state index is 12.1. The largest absolute Gasteiger partial charge is 0.355 e. The maximum absolute atomic E-state index is 12.1. The summed E-state index contributed by atoms with van der Waals surface area (Å²) in [7, 11) is -3.64. The second-order valence-electron chi connectivity index (χ2n) is 5.47. The molecule has 2 aromatic rings. The number of hydrogen-bond acceptors (Lipinski definition) is 5. The number of aromatic nitrogens is 3. The van der Waals surface area contributed by atoms with E-state index in [1.54, 1.807) is 12.1 Å². The Morgan fingerprint density at radius 3 is 2.92 bits per heavy atom. The Morgan fingerprint density at radius 1 is 1.38 bits per heavy atom. The van der Waals surface area contributed by atoms with E-state index >= 15 is 0 Å². The summed E-state index contributed by atoms with van der Waals surface area (Å²) in [5.74, 6) is 0.522. The molecule has 1 aliphatic carbocycles. The van der Waals surface area contributed by atoms with E-state index in [0.717, 1.165) is 6.42 Å². The van der Waals surface area contributed by atoms with Gasteiger partial charge < -0.3 is 5.32 Å². The van der Waals surface area contributed by atoms with Crippen molar-refractivity contribution in [1.29, 1.82) is 0 Å². The number of aromatic amines is 1. The lowest BCUT2D eigenvalue weighted by molar-refractivity contribution is -0.122. The molecule has 2 atom stereocenters. The van der Waals surface area contributed by atoms with Crippen molar-refractivity contribution in [2.45, 2.75) is 17.2 Å². The molecule has 0 saturated heterocycles. The Bertz CT molecular complexity index is 825. The molecule has 3 N–H and O–H groups in total. The van der Waals surface area contributed by atoms with Gasteiger partial charge in [-0.05, 0) is 24.6 Å². The first-order chi connectivity index (χ1) is 11.5. The predicted molar refractivity (Wildman–Crippen MR) is 86.9 cm³/mol. The van der Waals surface area contributed by atoms with Crippen LogP contribution in [-0.4, -0.2) is 42.6 Å². The van der Waals surface area contributed by atoms with Crippen LogP contribution in [0.1, 0.15) is 18.2 Å². The molecule has 10 heteroatoms. The van der Waals surface area contributed by atoms with Crippen molar-refractivity contribution in [3.63, 3.8) is 0 Å². The lowest BCUT2D eigenvalue weighted by Gasteiger charge is -2.08. The monoisotopic (exact) mass is 369 g/mol. The first-order valence-electron chi connectivity index (χ1n) is 7.35. The molecule has 1 heterocycles. The summed E-state index contributed by atoms with van der Waals surface area (Å²) in [5.41, 5.74) is 0. The zero-order valence-corrected chi connectivity index (χ0v) is 14.1. The Labute approximate surface area is 144 Å². The number of hydrogen-bond donors (Lipinski definition) is 3. The van der Waals surface area contributed by atoms with Crippen LogP contribution in [0.25, 0.3) is 0 Å². The fourth-order valence-electron chi connectivity index (χ4n) is 2.40. The van der Waals surface area contributed by atoms with Gasteiger partial charge in [0.2, 0.25) is 15.9 Å². The summed E-state index contributed by atoms with van der Waals surface area (Å²) in [6.07, 6.45) is 2.13. The second-order valence-corrected chi connectivity index (χ2v) is 7.67. The molecule has 1 aromatic heterocycles. The number of H-pyrrole nitrogens is 1. The van der Waals surface area contributed by atoms with Gasteiger partial charge in [-0.1, -0.05) is 17.7 Å². The van der Waals surface area contributed by atoms with Gasteiger partial charge in [0.1, 0.15) is 12.2 Å². The van der Waals surface area contributed by atoms with Crippen molar-refractivity contribution in [3.05, 3.63) is 41.4 Å². The number of benzene rings is 1. The average Bonchev–Trinajstić information content (AvgIpc) is 3.17. The Morgan fingerprint density at radius 2 is 2.21 bits per heavy atom. The molecule has 1 aliphatic rings. The number of halogens is 1. The van der Waals surface area contributed by atoms with E-state index in [-0.39, 0.29) is 35.7 Å². The van der Waals surface area contributed by atoms with Gasteiger partial charge in [0.25, 0.3) is 0 Å². The summed E-state index contributed by atoms with van der Waals surface area (Å²) in [5, 5.41) is 9.57. The highest BCUT2D eigenvalue weighted by Gasteiger charge is 2.45. The lowest BCUT2D eigenvalue weighted by Crippen LogP contribution is -2.35. The van der Waals surface area contributed by atoms with E-state index in [1.807, 2.05) is 0 Å². The minimum absolute atomic E-state index is 0.0654. The molecule has 0 spiro atoms. The maximum Gasteiger partial charge on any atom is 0.240 e. The van der Waals surface area contributed by atoms with Gasteiger partial charge in [-0.15, -0.1) is 0 Å². The van der Waals surface area contributed by atoms with Crippen LogP contribution < -0.4 is 10.0 Å². The van der Waals surface area contributed by atoms with Crippen molar-refractivity contribution in [2.24, 2.45) is 5.92 Å². The molecule has 8 nitrogen and oxygen atoms in total. The first-order valence-corrected chi connectivity index (χ1v) is 9.22. The summed E-state index contributed by atoms with van der Waals surface area (Å²) >= 11 is 5.79. The quantitative estimate of drug-likeness (QED) is 0.620. The molecule has 0 unspecified atom stereocenters. The number of carbonyl (C=O) groups is 1. The molecule has 1 amide bonds. The van der Waals surface area contributed by atoms with Gasteiger partial charge in [-0.2, -0.15) is 5.10 Å². The molecule has 0 bridgehead atoms. The fraction of sp³-hybridized carbons (Fsp3) is 0.357. The fourth-order valence-corrected chi connectivity index (χ4v) is 3.73. The van der Waals surface area contributed by atoms with Crippen LogP contribution in [0.2, 0.25) is 5.02 Å². The molecule has 1 saturated carbocycles. The van der Waals surface area contributed by atoms with Crippen LogP contribution in [0.5, 0.6) is 0 Å². The Hall–Kier alpha value is -1.97. The smallest absolute Gasteiger partial charge is 0.240 e. The standard InChI is InChI=1S/C14H16ClN5O3S/c15-9-2-1-3-10(6-9)24(22,23)19-5-4-16-14(21)12-7-11(12)13-17-8-18-20-13/h1-3,6,8,11-12,19H,4-5,7H2,(H,16,21)(H,17,18,20)/t11-,12+/m0/s1. The summed E-state index contributed by atoms with van der Waals surface area (Å²) < 4.78 is 26.6. The van der Waals surface area contributed by atoms with Crippen molar-refractivity contribution >= 4 is 27.5 Å². The van der Waals surface area contributed by atoms with Crippen molar-refractivity contribution in [1.82, 2.24) is 25.2 Å². The number of carbonyl (C=O) groups excluding carboxylic acids is 1.